The van der Waals surface area contributed by atoms with Gasteiger partial charge in [-0.2, -0.15) is 0 Å². The smallest absolute Gasteiger partial charge is 0.222 e. The van der Waals surface area contributed by atoms with Crippen LogP contribution in [0, 0.1) is 0 Å². The second kappa shape index (κ2) is 3.97. The highest BCUT2D eigenvalue weighted by molar-refractivity contribution is 7.91. The van der Waals surface area contributed by atoms with Crippen molar-refractivity contribution >= 4 is 15.7 Å². The number of carbonyl (C=O) groups excluding carboxylic acids is 1. The van der Waals surface area contributed by atoms with Gasteiger partial charge in [-0.15, -0.1) is 0 Å². The van der Waals surface area contributed by atoms with E-state index in [1.54, 1.807) is 0 Å². The van der Waals surface area contributed by atoms with Gasteiger partial charge in [0.1, 0.15) is 0 Å². The molecule has 0 aromatic carbocycles. The summed E-state index contributed by atoms with van der Waals surface area (Å²) in [5, 5.41) is 2.71. The predicted molar refractivity (Wildman–Crippen MR) is 57.6 cm³/mol. The van der Waals surface area contributed by atoms with E-state index in [4.69, 9.17) is 10.5 Å². The highest BCUT2D eigenvalue weighted by Crippen LogP contribution is 2.18. The molecule has 3 N–H and O–H groups in total. The molecule has 16 heavy (non-hydrogen) atoms. The van der Waals surface area contributed by atoms with Crippen molar-refractivity contribution in [2.45, 2.75) is 24.4 Å². The fourth-order valence-corrected chi connectivity index (χ4v) is 3.65. The van der Waals surface area contributed by atoms with Crippen LogP contribution in [-0.2, 0) is 19.4 Å². The number of sulfone groups is 1. The molecule has 1 unspecified atom stereocenters. The number of nitrogens with two attached hydrogens (primary N) is 1. The Balaban J connectivity index is 1.80. The van der Waals surface area contributed by atoms with Crippen molar-refractivity contribution in [1.29, 1.82) is 0 Å². The fraction of sp³-hybridized carbons (Fsp3) is 0.889. The lowest BCUT2D eigenvalue weighted by atomic mass is 9.94. The van der Waals surface area contributed by atoms with Crippen molar-refractivity contribution in [2.75, 3.05) is 24.7 Å². The zero-order valence-electron chi connectivity index (χ0n) is 8.94. The van der Waals surface area contributed by atoms with Crippen LogP contribution >= 0.6 is 0 Å². The van der Waals surface area contributed by atoms with Crippen molar-refractivity contribution in [3.63, 3.8) is 0 Å². The molecular weight excluding hydrogens is 232 g/mol. The second-order valence-electron chi connectivity index (χ2n) is 4.70. The van der Waals surface area contributed by atoms with Gasteiger partial charge in [0.25, 0.3) is 0 Å². The van der Waals surface area contributed by atoms with Gasteiger partial charge in [0.05, 0.1) is 30.3 Å². The van der Waals surface area contributed by atoms with Gasteiger partial charge in [-0.3, -0.25) is 4.79 Å². The topological polar surface area (TPSA) is 98.5 Å². The average molecular weight is 248 g/mol. The molecule has 92 valence electrons. The molecule has 2 fully saturated rings. The first-order chi connectivity index (χ1) is 7.39. The number of hydrogen-bond acceptors (Lipinski definition) is 5. The predicted octanol–water partition coefficient (Wildman–Crippen LogP) is -1.59. The van der Waals surface area contributed by atoms with E-state index >= 15 is 0 Å². The zero-order valence-corrected chi connectivity index (χ0v) is 9.76. The standard InChI is InChI=1S/C9H16N2O4S/c10-9(5-15-6-9)3-8(12)11-7-1-2-16(13,14)4-7/h7H,1-6,10H2,(H,11,12). The highest BCUT2D eigenvalue weighted by atomic mass is 32.2. The molecule has 0 aromatic heterocycles. The molecule has 1 atom stereocenters. The summed E-state index contributed by atoms with van der Waals surface area (Å²) >= 11 is 0. The van der Waals surface area contributed by atoms with Crippen molar-refractivity contribution in [2.24, 2.45) is 5.73 Å². The van der Waals surface area contributed by atoms with Gasteiger partial charge >= 0.3 is 0 Å². The quantitative estimate of drug-likeness (QED) is 0.627. The number of carbonyl (C=O) groups is 1. The maximum Gasteiger partial charge on any atom is 0.222 e. The Morgan fingerprint density at radius 1 is 1.50 bits per heavy atom. The molecule has 2 aliphatic rings. The SMILES string of the molecule is NC1(CC(=O)NC2CCS(=O)(=O)C2)COC1. The van der Waals surface area contributed by atoms with Crippen LogP contribution < -0.4 is 11.1 Å². The van der Waals surface area contributed by atoms with Gasteiger partial charge in [-0.25, -0.2) is 8.42 Å². The van der Waals surface area contributed by atoms with Crippen molar-refractivity contribution in [3.05, 3.63) is 0 Å². The van der Waals surface area contributed by atoms with E-state index < -0.39 is 15.4 Å². The Hall–Kier alpha value is -0.660. The Bertz CT molecular complexity index is 388. The van der Waals surface area contributed by atoms with Gasteiger partial charge in [-0.05, 0) is 6.42 Å². The molecule has 0 saturated carbocycles. The van der Waals surface area contributed by atoms with E-state index in [1.807, 2.05) is 0 Å². The molecule has 0 radical (unpaired) electrons. The largest absolute Gasteiger partial charge is 0.377 e. The summed E-state index contributed by atoms with van der Waals surface area (Å²) in [6.45, 7) is 0.784. The van der Waals surface area contributed by atoms with Crippen LogP contribution in [0.25, 0.3) is 0 Å². The second-order valence-corrected chi connectivity index (χ2v) is 6.93. The summed E-state index contributed by atoms with van der Waals surface area (Å²) in [5.74, 6) is 0.0228. The first kappa shape index (κ1) is 11.8. The van der Waals surface area contributed by atoms with Crippen LogP contribution in [-0.4, -0.2) is 50.6 Å². The summed E-state index contributed by atoms with van der Waals surface area (Å²) < 4.78 is 27.3. The summed E-state index contributed by atoms with van der Waals surface area (Å²) in [7, 11) is -2.95. The highest BCUT2D eigenvalue weighted by Gasteiger charge is 2.37. The molecule has 2 heterocycles. The minimum Gasteiger partial charge on any atom is -0.377 e. The molecule has 0 bridgehead atoms. The molecule has 7 heteroatoms. The van der Waals surface area contributed by atoms with Gasteiger partial charge in [0.15, 0.2) is 9.84 Å². The van der Waals surface area contributed by atoms with Crippen LogP contribution in [0.3, 0.4) is 0 Å². The Labute approximate surface area is 94.4 Å². The van der Waals surface area contributed by atoms with Crippen LogP contribution in [0.2, 0.25) is 0 Å². The third-order valence-corrected chi connectivity index (χ3v) is 4.66. The number of rotatable bonds is 3. The van der Waals surface area contributed by atoms with E-state index in [9.17, 15) is 13.2 Å². The molecule has 0 spiro atoms. The van der Waals surface area contributed by atoms with Gasteiger partial charge in [0.2, 0.25) is 5.91 Å². The van der Waals surface area contributed by atoms with E-state index in [2.05, 4.69) is 5.32 Å². The monoisotopic (exact) mass is 248 g/mol. The van der Waals surface area contributed by atoms with Crippen molar-refractivity contribution in [3.8, 4) is 0 Å². The van der Waals surface area contributed by atoms with Crippen molar-refractivity contribution < 1.29 is 17.9 Å². The van der Waals surface area contributed by atoms with E-state index in [-0.39, 0.29) is 29.9 Å². The van der Waals surface area contributed by atoms with Crippen LogP contribution in [0.5, 0.6) is 0 Å². The maximum atomic E-state index is 11.6. The minimum absolute atomic E-state index is 0.0484. The Kier molecular flexibility index (Phi) is 2.93. The number of ether oxygens (including phenoxy) is 1. The summed E-state index contributed by atoms with van der Waals surface area (Å²) in [6, 6.07) is -0.248. The minimum atomic E-state index is -2.95. The van der Waals surface area contributed by atoms with Crippen LogP contribution in [0.4, 0.5) is 0 Å². The van der Waals surface area contributed by atoms with E-state index in [1.165, 1.54) is 0 Å². The number of amides is 1. The molecule has 2 aliphatic heterocycles. The molecule has 2 rings (SSSR count). The summed E-state index contributed by atoms with van der Waals surface area (Å²) in [6.07, 6.45) is 0.700. The summed E-state index contributed by atoms with van der Waals surface area (Å²) in [4.78, 5) is 11.6. The fourth-order valence-electron chi connectivity index (χ4n) is 1.97. The zero-order chi connectivity index (χ0) is 11.8. The number of nitrogens with one attached hydrogen (secondary N) is 1. The average Bonchev–Trinajstić information content (AvgIpc) is 2.42. The van der Waals surface area contributed by atoms with Crippen molar-refractivity contribution in [1.82, 2.24) is 5.32 Å². The molecule has 2 saturated heterocycles. The summed E-state index contributed by atoms with van der Waals surface area (Å²) in [5.41, 5.74) is 5.27. The maximum absolute atomic E-state index is 11.6. The lowest BCUT2D eigenvalue weighted by Gasteiger charge is -2.37. The van der Waals surface area contributed by atoms with Gasteiger partial charge in [0, 0.05) is 12.5 Å². The van der Waals surface area contributed by atoms with Crippen LogP contribution in [0.15, 0.2) is 0 Å². The molecule has 1 amide bonds. The Morgan fingerprint density at radius 3 is 2.62 bits per heavy atom. The lowest BCUT2D eigenvalue weighted by Crippen LogP contribution is -2.59. The third kappa shape index (κ3) is 2.72. The van der Waals surface area contributed by atoms with Gasteiger partial charge < -0.3 is 15.8 Å². The van der Waals surface area contributed by atoms with Crippen LogP contribution in [0.1, 0.15) is 12.8 Å². The molecular formula is C9H16N2O4S. The lowest BCUT2D eigenvalue weighted by molar-refractivity contribution is -0.128. The third-order valence-electron chi connectivity index (χ3n) is 2.89. The molecule has 0 aromatic rings. The number of hydrogen-bond donors (Lipinski definition) is 2. The first-order valence-electron chi connectivity index (χ1n) is 5.25. The molecule has 0 aliphatic carbocycles. The molecule has 6 nitrogen and oxygen atoms in total. The normalized spacial score (nSPS) is 30.7. The van der Waals surface area contributed by atoms with E-state index in [0.717, 1.165) is 0 Å². The van der Waals surface area contributed by atoms with Gasteiger partial charge in [-0.1, -0.05) is 0 Å². The van der Waals surface area contributed by atoms with E-state index in [0.29, 0.717) is 19.6 Å². The first-order valence-corrected chi connectivity index (χ1v) is 7.07. The Morgan fingerprint density at radius 2 is 2.19 bits per heavy atom.